The topological polar surface area (TPSA) is 66.1 Å². The number of benzene rings is 1. The molecule has 0 radical (unpaired) electrons. The third-order valence-electron chi connectivity index (χ3n) is 10.7. The van der Waals surface area contributed by atoms with Crippen LogP contribution in [0.5, 0.6) is 0 Å². The van der Waals surface area contributed by atoms with Gasteiger partial charge in [0.1, 0.15) is 5.82 Å². The number of ketones is 1. The molecule has 180 valence electrons. The van der Waals surface area contributed by atoms with Crippen LogP contribution in [0.25, 0.3) is 11.0 Å². The fourth-order valence-corrected chi connectivity index (χ4v) is 8.79. The van der Waals surface area contributed by atoms with Crippen LogP contribution in [0.4, 0.5) is 0 Å². The molecule has 1 N–H and O–H groups in total. The molecular formula is C29H37N3O2. The van der Waals surface area contributed by atoms with Crippen molar-refractivity contribution in [3.63, 3.8) is 0 Å². The Morgan fingerprint density at radius 2 is 1.97 bits per heavy atom. The van der Waals surface area contributed by atoms with Crippen LogP contribution in [0, 0.1) is 34.5 Å². The number of carbonyl (C=O) groups is 2. The van der Waals surface area contributed by atoms with E-state index in [1.807, 2.05) is 36.2 Å². The zero-order chi connectivity index (χ0) is 23.8. The van der Waals surface area contributed by atoms with E-state index in [1.54, 1.807) is 6.92 Å². The third-order valence-corrected chi connectivity index (χ3v) is 10.7. The molecule has 5 heteroatoms. The molecule has 2 unspecified atom stereocenters. The summed E-state index contributed by atoms with van der Waals surface area (Å²) in [5, 5.41) is 0. The van der Waals surface area contributed by atoms with Crippen LogP contribution < -0.4 is 0 Å². The van der Waals surface area contributed by atoms with Gasteiger partial charge in [-0.05, 0) is 98.8 Å². The maximum Gasteiger partial charge on any atom is 0.246 e. The molecule has 5 nitrogen and oxygen atoms in total. The minimum absolute atomic E-state index is 0.0905. The Morgan fingerprint density at radius 1 is 1.15 bits per heavy atom. The van der Waals surface area contributed by atoms with Crippen molar-refractivity contribution in [2.45, 2.75) is 71.8 Å². The van der Waals surface area contributed by atoms with Gasteiger partial charge in [0.15, 0.2) is 5.78 Å². The fourth-order valence-electron chi connectivity index (χ4n) is 8.79. The van der Waals surface area contributed by atoms with Gasteiger partial charge in [-0.25, -0.2) is 4.98 Å². The molecule has 0 spiro atoms. The largest absolute Gasteiger partial charge is 0.342 e. The maximum absolute atomic E-state index is 12.3. The first kappa shape index (κ1) is 22.1. The Balaban J connectivity index is 1.24. The Bertz CT molecular complexity index is 1200. The Labute approximate surface area is 202 Å². The summed E-state index contributed by atoms with van der Waals surface area (Å²) in [5.74, 6) is 4.16. The Hall–Kier alpha value is -2.43. The van der Waals surface area contributed by atoms with Gasteiger partial charge in [0, 0.05) is 30.5 Å². The minimum Gasteiger partial charge on any atom is -0.342 e. The quantitative estimate of drug-likeness (QED) is 0.611. The average molecular weight is 460 g/mol. The van der Waals surface area contributed by atoms with Crippen LogP contribution in [-0.2, 0) is 11.2 Å². The highest BCUT2D eigenvalue weighted by Gasteiger charge is 2.60. The van der Waals surface area contributed by atoms with Crippen LogP contribution in [-0.4, -0.2) is 39.6 Å². The first-order valence-electron chi connectivity index (χ1n) is 13.2. The summed E-state index contributed by atoms with van der Waals surface area (Å²) in [6, 6.07) is 6.14. The number of carbonyl (C=O) groups excluding carboxylic acids is 2. The first-order chi connectivity index (χ1) is 16.2. The summed E-state index contributed by atoms with van der Waals surface area (Å²) in [4.78, 5) is 34.5. The number of nitrogens with zero attached hydrogens (tertiary/aromatic N) is 2. The van der Waals surface area contributed by atoms with Gasteiger partial charge < -0.3 is 9.88 Å². The van der Waals surface area contributed by atoms with Crippen molar-refractivity contribution in [1.29, 1.82) is 0 Å². The van der Waals surface area contributed by atoms with Crippen LogP contribution in [0.15, 0.2) is 30.4 Å². The van der Waals surface area contributed by atoms with E-state index in [1.165, 1.54) is 32.1 Å². The lowest BCUT2D eigenvalue weighted by atomic mass is 9.47. The lowest BCUT2D eigenvalue weighted by molar-refractivity contribution is -0.138. The van der Waals surface area contributed by atoms with E-state index in [0.29, 0.717) is 23.3 Å². The molecule has 7 atom stereocenters. The number of H-pyrrole nitrogens is 1. The molecule has 1 amide bonds. The molecule has 3 saturated carbocycles. The Kier molecular flexibility index (Phi) is 4.89. The maximum atomic E-state index is 12.3. The van der Waals surface area contributed by atoms with Gasteiger partial charge in [-0.3, -0.25) is 9.59 Å². The van der Waals surface area contributed by atoms with Gasteiger partial charge in [0.2, 0.25) is 5.91 Å². The van der Waals surface area contributed by atoms with Gasteiger partial charge in [0.05, 0.1) is 11.0 Å². The monoisotopic (exact) mass is 459 g/mol. The van der Waals surface area contributed by atoms with E-state index in [2.05, 4.69) is 24.9 Å². The fraction of sp³-hybridized carbons (Fsp3) is 0.621. The van der Waals surface area contributed by atoms with E-state index in [-0.39, 0.29) is 17.1 Å². The Morgan fingerprint density at radius 3 is 2.76 bits per heavy atom. The van der Waals surface area contributed by atoms with Crippen molar-refractivity contribution in [3.05, 3.63) is 41.7 Å². The van der Waals surface area contributed by atoms with Crippen LogP contribution >= 0.6 is 0 Å². The molecule has 2 heterocycles. The molecule has 0 bridgehead atoms. The zero-order valence-electron chi connectivity index (χ0n) is 20.9. The highest BCUT2D eigenvalue weighted by molar-refractivity contribution is 5.97. The zero-order valence-corrected chi connectivity index (χ0v) is 20.9. The second kappa shape index (κ2) is 7.53. The number of aromatic amines is 1. The lowest BCUT2D eigenvalue weighted by Gasteiger charge is -2.60. The second-order valence-corrected chi connectivity index (χ2v) is 12.1. The van der Waals surface area contributed by atoms with Crippen LogP contribution in [0.3, 0.4) is 0 Å². The number of imidazole rings is 1. The molecule has 1 aromatic heterocycles. The van der Waals surface area contributed by atoms with Crippen LogP contribution in [0.1, 0.15) is 75.5 Å². The van der Waals surface area contributed by atoms with Crippen molar-refractivity contribution in [2.24, 2.45) is 34.5 Å². The summed E-state index contributed by atoms with van der Waals surface area (Å²) >= 11 is 0. The number of nitrogens with one attached hydrogen (secondary N) is 1. The van der Waals surface area contributed by atoms with Gasteiger partial charge in [-0.2, -0.15) is 0 Å². The highest BCUT2D eigenvalue weighted by atomic mass is 16.2. The number of likely N-dealkylation sites (N-methyl/N-ethyl adjacent to an activating group) is 1. The van der Waals surface area contributed by atoms with E-state index < -0.39 is 0 Å². The number of aromatic nitrogens is 2. The summed E-state index contributed by atoms with van der Waals surface area (Å²) in [5.41, 5.74) is 3.13. The van der Waals surface area contributed by atoms with Crippen molar-refractivity contribution < 1.29 is 9.59 Å². The highest BCUT2D eigenvalue weighted by Crippen LogP contribution is 2.65. The molecule has 6 rings (SSSR count). The van der Waals surface area contributed by atoms with Gasteiger partial charge >= 0.3 is 0 Å². The first-order valence-corrected chi connectivity index (χ1v) is 13.2. The van der Waals surface area contributed by atoms with E-state index in [4.69, 9.17) is 4.98 Å². The number of fused-ring (bicyclic) bond motifs is 6. The number of amides is 1. The van der Waals surface area contributed by atoms with Crippen molar-refractivity contribution >= 4 is 22.7 Å². The van der Waals surface area contributed by atoms with Gasteiger partial charge in [0.25, 0.3) is 0 Å². The second-order valence-electron chi connectivity index (χ2n) is 12.1. The molecule has 4 aliphatic rings. The molecule has 1 aliphatic heterocycles. The minimum atomic E-state index is 0.0905. The molecule has 0 saturated heterocycles. The molecule has 2 aromatic rings. The molecule has 3 fully saturated rings. The van der Waals surface area contributed by atoms with E-state index in [9.17, 15) is 9.59 Å². The predicted molar refractivity (Wildman–Crippen MR) is 133 cm³/mol. The molecular weight excluding hydrogens is 422 g/mol. The molecule has 3 aliphatic carbocycles. The standard InChI is InChI=1S/C29H37N3O2/c1-17(33)18-5-9-23-24(15-18)31-26(30-23)16-19-6-8-21-20-7-10-25-29(3,14-12-27(34)32(25)4)22(20)11-13-28(19,21)2/h5,9,12,14-15,19-22,25H,6-8,10-11,13,16H2,1-4H3,(H,30,31)/t19?,20-,21-,22+,25?,28+,29+/m0/s1. The van der Waals surface area contributed by atoms with E-state index in [0.717, 1.165) is 47.1 Å². The summed E-state index contributed by atoms with van der Waals surface area (Å²) in [6.07, 6.45) is 12.6. The smallest absolute Gasteiger partial charge is 0.246 e. The summed E-state index contributed by atoms with van der Waals surface area (Å²) < 4.78 is 0. The third kappa shape index (κ3) is 3.08. The van der Waals surface area contributed by atoms with Gasteiger partial charge in [-0.15, -0.1) is 0 Å². The van der Waals surface area contributed by atoms with Crippen molar-refractivity contribution in [3.8, 4) is 0 Å². The normalized spacial score (nSPS) is 39.1. The van der Waals surface area contributed by atoms with Crippen molar-refractivity contribution in [1.82, 2.24) is 14.9 Å². The number of hydrogen-bond acceptors (Lipinski definition) is 3. The SMILES string of the molecule is CC(=O)c1ccc2nc(CC3CC[C@H]4[C@@H]5CCC6N(C)C(=O)C=C[C@]6(C)[C@@H]5CC[C@]34C)[nH]c2c1. The average Bonchev–Trinajstić information content (AvgIpc) is 3.36. The predicted octanol–water partition coefficient (Wildman–Crippen LogP) is 5.56. The van der Waals surface area contributed by atoms with Gasteiger partial charge in [-0.1, -0.05) is 19.9 Å². The number of hydrogen-bond donors (Lipinski definition) is 1. The summed E-state index contributed by atoms with van der Waals surface area (Å²) in [6.45, 7) is 6.59. The molecule has 1 aromatic carbocycles. The number of rotatable bonds is 3. The van der Waals surface area contributed by atoms with Crippen LogP contribution in [0.2, 0.25) is 0 Å². The van der Waals surface area contributed by atoms with Crippen molar-refractivity contribution in [2.75, 3.05) is 7.05 Å². The number of Topliss-reactive ketones (excluding diaryl/α,β-unsaturated/α-hetero) is 1. The molecule has 34 heavy (non-hydrogen) atoms. The summed E-state index contributed by atoms with van der Waals surface area (Å²) in [7, 11) is 2.00. The van der Waals surface area contributed by atoms with E-state index >= 15 is 0 Å². The lowest BCUT2D eigenvalue weighted by Crippen LogP contribution is -2.59.